The zero-order chi connectivity index (χ0) is 18.1. The molecular formula is C24H25PSe. The average molecular weight is 423 g/mol. The van der Waals surface area contributed by atoms with Crippen LogP contribution in [0, 0.1) is 0 Å². The molecule has 2 heteroatoms. The summed E-state index contributed by atoms with van der Waals surface area (Å²) >= 11 is 3.63. The van der Waals surface area contributed by atoms with Crippen LogP contribution < -0.4 is 0 Å². The fourth-order valence-electron chi connectivity index (χ4n) is 2.97. The molecule has 0 spiro atoms. The van der Waals surface area contributed by atoms with Crippen molar-refractivity contribution in [2.45, 2.75) is 12.8 Å². The van der Waals surface area contributed by atoms with E-state index in [-0.39, 0.29) is 0 Å². The van der Waals surface area contributed by atoms with Gasteiger partial charge in [-0.05, 0) is 0 Å². The molecule has 0 aliphatic rings. The quantitative estimate of drug-likeness (QED) is 0.297. The van der Waals surface area contributed by atoms with Crippen molar-refractivity contribution in [3.05, 3.63) is 114 Å². The second-order valence-electron chi connectivity index (χ2n) is 6.60. The van der Waals surface area contributed by atoms with E-state index in [2.05, 4.69) is 118 Å². The van der Waals surface area contributed by atoms with E-state index >= 15 is 0 Å². The van der Waals surface area contributed by atoms with Crippen LogP contribution in [0.5, 0.6) is 0 Å². The monoisotopic (exact) mass is 424 g/mol. The second-order valence-corrected chi connectivity index (χ2v) is 14.3. The molecule has 3 aromatic rings. The van der Waals surface area contributed by atoms with Gasteiger partial charge in [0, 0.05) is 0 Å². The molecular weight excluding hydrogens is 398 g/mol. The van der Waals surface area contributed by atoms with Crippen LogP contribution in [0.4, 0.5) is 0 Å². The average Bonchev–Trinajstić information content (AvgIpc) is 2.72. The third-order valence-electron chi connectivity index (χ3n) is 4.58. The van der Waals surface area contributed by atoms with Gasteiger partial charge in [0.05, 0.1) is 0 Å². The van der Waals surface area contributed by atoms with Crippen LogP contribution >= 0.6 is 5.51 Å². The first-order valence-corrected chi connectivity index (χ1v) is 13.6. The predicted molar refractivity (Wildman–Crippen MR) is 118 cm³/mol. The normalized spacial score (nSPS) is 11.7. The van der Waals surface area contributed by atoms with Gasteiger partial charge in [-0.3, -0.25) is 0 Å². The molecule has 26 heavy (non-hydrogen) atoms. The molecule has 3 aromatic carbocycles. The SMILES string of the molecule is [Se]=P(/C=C\c1ccccc1)(CCc1ccccc1)CCc1ccccc1. The number of hydrogen-bond donors (Lipinski definition) is 0. The molecule has 0 heterocycles. The molecule has 0 fully saturated rings. The van der Waals surface area contributed by atoms with Crippen LogP contribution in [-0.4, -0.2) is 27.4 Å². The van der Waals surface area contributed by atoms with Gasteiger partial charge >= 0.3 is 165 Å². The van der Waals surface area contributed by atoms with Crippen LogP contribution in [0.1, 0.15) is 16.7 Å². The minimum absolute atomic E-state index is 1.13. The fraction of sp³-hybridized carbons (Fsp3) is 0.167. The van der Waals surface area contributed by atoms with Gasteiger partial charge in [0.2, 0.25) is 0 Å². The second kappa shape index (κ2) is 9.88. The van der Waals surface area contributed by atoms with Gasteiger partial charge in [0.1, 0.15) is 0 Å². The molecule has 0 aliphatic carbocycles. The van der Waals surface area contributed by atoms with Gasteiger partial charge in [-0.2, -0.15) is 0 Å². The molecule has 132 valence electrons. The molecule has 0 atom stereocenters. The molecule has 0 radical (unpaired) electrons. The predicted octanol–water partition coefficient (Wildman–Crippen LogP) is 6.24. The minimum atomic E-state index is -1.27. The Morgan fingerprint density at radius 2 is 1.04 bits per heavy atom. The Morgan fingerprint density at radius 1 is 0.615 bits per heavy atom. The van der Waals surface area contributed by atoms with Crippen molar-refractivity contribution in [1.82, 2.24) is 0 Å². The van der Waals surface area contributed by atoms with E-state index in [1.807, 2.05) is 0 Å². The number of rotatable bonds is 8. The van der Waals surface area contributed by atoms with E-state index in [0.717, 1.165) is 12.8 Å². The fourth-order valence-corrected chi connectivity index (χ4v) is 6.74. The van der Waals surface area contributed by atoms with E-state index in [9.17, 15) is 0 Å². The molecule has 0 aliphatic heterocycles. The van der Waals surface area contributed by atoms with Gasteiger partial charge in [0.15, 0.2) is 0 Å². The van der Waals surface area contributed by atoms with Gasteiger partial charge < -0.3 is 0 Å². The Bertz CT molecular complexity index is 807. The number of benzene rings is 3. The molecule has 0 aromatic heterocycles. The Kier molecular flexibility index (Phi) is 7.27. The maximum absolute atomic E-state index is 3.63. The Balaban J connectivity index is 1.73. The zero-order valence-electron chi connectivity index (χ0n) is 15.0. The summed E-state index contributed by atoms with van der Waals surface area (Å²) in [5.41, 5.74) is 2.87. The van der Waals surface area contributed by atoms with Crippen LogP contribution in [0.25, 0.3) is 6.08 Å². The molecule has 3 rings (SSSR count). The summed E-state index contributed by atoms with van der Waals surface area (Å²) in [4.78, 5) is 0. The summed E-state index contributed by atoms with van der Waals surface area (Å²) in [5.74, 6) is 2.48. The molecule has 0 nitrogen and oxygen atoms in total. The first kappa shape index (κ1) is 19.1. The zero-order valence-corrected chi connectivity index (χ0v) is 17.6. The molecule has 0 N–H and O–H groups in total. The van der Waals surface area contributed by atoms with E-state index < -0.39 is 5.51 Å². The van der Waals surface area contributed by atoms with Crippen LogP contribution in [-0.2, 0) is 12.8 Å². The standard InChI is InChI=1S/C24H25PSe/c26-25(19-16-22-10-4-1-5-11-22,20-17-23-12-6-2-7-13-23)21-18-24-14-8-3-9-15-24/h1-16,19H,17-18,20-21H2/b19-16-. The Labute approximate surface area is 165 Å². The summed E-state index contributed by atoms with van der Waals surface area (Å²) in [6.45, 7) is 0. The van der Waals surface area contributed by atoms with Crippen molar-refractivity contribution in [1.29, 1.82) is 0 Å². The van der Waals surface area contributed by atoms with E-state index in [1.165, 1.54) is 29.0 Å². The Hall–Kier alpha value is -1.65. The Morgan fingerprint density at radius 3 is 1.50 bits per heavy atom. The topological polar surface area (TPSA) is 0 Å². The third-order valence-corrected chi connectivity index (χ3v) is 10.3. The van der Waals surface area contributed by atoms with Gasteiger partial charge in [-0.1, -0.05) is 0 Å². The summed E-state index contributed by atoms with van der Waals surface area (Å²) in [6, 6.07) is 32.3. The maximum atomic E-state index is 3.63. The summed E-state index contributed by atoms with van der Waals surface area (Å²) in [7, 11) is 0. The molecule has 0 bridgehead atoms. The number of hydrogen-bond acceptors (Lipinski definition) is 0. The molecule has 0 saturated carbocycles. The first-order chi connectivity index (χ1) is 12.7. The van der Waals surface area contributed by atoms with Crippen LogP contribution in [0.3, 0.4) is 0 Å². The summed E-state index contributed by atoms with van der Waals surface area (Å²) < 4.78 is 0. The van der Waals surface area contributed by atoms with Crippen molar-refractivity contribution in [3.63, 3.8) is 0 Å². The van der Waals surface area contributed by atoms with Crippen molar-refractivity contribution < 1.29 is 0 Å². The van der Waals surface area contributed by atoms with Crippen LogP contribution in [0.15, 0.2) is 96.8 Å². The van der Waals surface area contributed by atoms with Crippen molar-refractivity contribution in [2.75, 3.05) is 12.3 Å². The van der Waals surface area contributed by atoms with Gasteiger partial charge in [-0.25, -0.2) is 0 Å². The van der Waals surface area contributed by atoms with Crippen molar-refractivity contribution in [2.24, 2.45) is 0 Å². The van der Waals surface area contributed by atoms with Crippen molar-refractivity contribution in [3.8, 4) is 0 Å². The third kappa shape index (κ3) is 6.26. The van der Waals surface area contributed by atoms with Crippen LogP contribution in [0.2, 0.25) is 0 Å². The van der Waals surface area contributed by atoms with E-state index in [1.54, 1.807) is 0 Å². The molecule has 0 amide bonds. The summed E-state index contributed by atoms with van der Waals surface area (Å²) in [6.07, 6.45) is 7.01. The summed E-state index contributed by atoms with van der Waals surface area (Å²) in [5, 5.41) is 0. The number of aryl methyl sites for hydroxylation is 2. The first-order valence-electron chi connectivity index (χ1n) is 9.13. The van der Waals surface area contributed by atoms with E-state index in [4.69, 9.17) is 0 Å². The van der Waals surface area contributed by atoms with E-state index in [0.29, 0.717) is 0 Å². The molecule has 0 unspecified atom stereocenters. The molecule has 0 saturated heterocycles. The van der Waals surface area contributed by atoms with Crippen molar-refractivity contribution >= 4 is 26.7 Å². The van der Waals surface area contributed by atoms with Gasteiger partial charge in [-0.15, -0.1) is 0 Å². The van der Waals surface area contributed by atoms with Gasteiger partial charge in [0.25, 0.3) is 0 Å².